The minimum absolute atomic E-state index is 0.152. The molecule has 1 saturated heterocycles. The second kappa shape index (κ2) is 4.15. The molecule has 1 atom stereocenters. The lowest BCUT2D eigenvalue weighted by Gasteiger charge is -2.10. The molecule has 1 aromatic carbocycles. The van der Waals surface area contributed by atoms with Crippen LogP contribution in [0.2, 0.25) is 0 Å². The van der Waals surface area contributed by atoms with E-state index in [1.54, 1.807) is 0 Å². The number of imide groups is 1. The number of carbonyl (C=O) groups is 2. The fraction of sp³-hybridized carbons (Fsp3) is 0.250. The maximum atomic E-state index is 11.9. The second-order valence-corrected chi connectivity index (χ2v) is 3.64. The van der Waals surface area contributed by atoms with Gasteiger partial charge in [-0.1, -0.05) is 30.3 Å². The number of rotatable bonds is 2. The first-order chi connectivity index (χ1) is 7.74. The Morgan fingerprint density at radius 3 is 2.62 bits per heavy atom. The van der Waals surface area contributed by atoms with E-state index in [0.717, 1.165) is 10.5 Å². The molecular weight excluding hydrogens is 204 g/mol. The van der Waals surface area contributed by atoms with Crippen LogP contribution in [0.4, 0.5) is 0 Å². The van der Waals surface area contributed by atoms with Crippen molar-refractivity contribution in [3.63, 3.8) is 0 Å². The molecular formula is C12H10N2O2. The molecule has 1 fully saturated rings. The lowest BCUT2D eigenvalue weighted by Crippen LogP contribution is -2.30. The van der Waals surface area contributed by atoms with Gasteiger partial charge in [0.2, 0.25) is 11.8 Å². The summed E-state index contributed by atoms with van der Waals surface area (Å²) in [6, 6.07) is 11.0. The number of hydrogen-bond donors (Lipinski definition) is 0. The normalized spacial score (nSPS) is 19.9. The number of carbonyl (C=O) groups excluding carboxylic acids is 2. The molecule has 2 amide bonds. The quantitative estimate of drug-likeness (QED) is 0.546. The zero-order valence-corrected chi connectivity index (χ0v) is 8.59. The Bertz CT molecular complexity index is 462. The predicted molar refractivity (Wildman–Crippen MR) is 56.1 cm³/mol. The number of likely N-dealkylation sites (tertiary alicyclic amines) is 1. The van der Waals surface area contributed by atoms with Gasteiger partial charge in [0.05, 0.1) is 12.0 Å². The smallest absolute Gasteiger partial charge is 0.238 e. The van der Waals surface area contributed by atoms with Crippen LogP contribution in [0, 0.1) is 11.3 Å². The summed E-state index contributed by atoms with van der Waals surface area (Å²) in [5.74, 6) is -0.944. The van der Waals surface area contributed by atoms with E-state index in [2.05, 4.69) is 0 Å². The molecule has 0 bridgehead atoms. The average Bonchev–Trinajstić information content (AvgIpc) is 2.59. The zero-order valence-electron chi connectivity index (χ0n) is 8.59. The van der Waals surface area contributed by atoms with E-state index in [9.17, 15) is 9.59 Å². The van der Waals surface area contributed by atoms with Gasteiger partial charge in [-0.15, -0.1) is 0 Å². The maximum absolute atomic E-state index is 11.9. The molecule has 0 spiro atoms. The Balaban J connectivity index is 2.25. The molecule has 0 saturated carbocycles. The van der Waals surface area contributed by atoms with Gasteiger partial charge in [-0.3, -0.25) is 14.5 Å². The minimum Gasteiger partial charge on any atom is -0.274 e. The molecule has 4 heteroatoms. The van der Waals surface area contributed by atoms with Crippen LogP contribution in [0.25, 0.3) is 0 Å². The van der Waals surface area contributed by atoms with E-state index in [0.29, 0.717) is 0 Å². The summed E-state index contributed by atoms with van der Waals surface area (Å²) >= 11 is 0. The van der Waals surface area contributed by atoms with E-state index >= 15 is 0 Å². The van der Waals surface area contributed by atoms with Crippen molar-refractivity contribution in [1.29, 1.82) is 5.26 Å². The largest absolute Gasteiger partial charge is 0.274 e. The van der Waals surface area contributed by atoms with Crippen molar-refractivity contribution in [2.75, 3.05) is 6.54 Å². The molecule has 1 aliphatic heterocycles. The highest BCUT2D eigenvalue weighted by molar-refractivity contribution is 6.06. The van der Waals surface area contributed by atoms with Gasteiger partial charge in [-0.2, -0.15) is 5.26 Å². The van der Waals surface area contributed by atoms with Crippen molar-refractivity contribution in [2.45, 2.75) is 12.3 Å². The summed E-state index contributed by atoms with van der Waals surface area (Å²) in [7, 11) is 0. The summed E-state index contributed by atoms with van der Waals surface area (Å²) in [5.41, 5.74) is 0.835. The van der Waals surface area contributed by atoms with Crippen molar-refractivity contribution in [3.05, 3.63) is 35.9 Å². The molecule has 1 heterocycles. The lowest BCUT2D eigenvalue weighted by molar-refractivity contribution is -0.137. The summed E-state index contributed by atoms with van der Waals surface area (Å²) in [4.78, 5) is 24.4. The van der Waals surface area contributed by atoms with Crippen molar-refractivity contribution >= 4 is 11.8 Å². The third-order valence-electron chi connectivity index (χ3n) is 2.67. The monoisotopic (exact) mass is 214 g/mol. The van der Waals surface area contributed by atoms with E-state index in [4.69, 9.17) is 5.26 Å². The summed E-state index contributed by atoms with van der Waals surface area (Å²) in [5, 5.41) is 8.52. The van der Waals surface area contributed by atoms with Gasteiger partial charge < -0.3 is 0 Å². The molecule has 1 aromatic rings. The van der Waals surface area contributed by atoms with E-state index in [1.165, 1.54) is 0 Å². The van der Waals surface area contributed by atoms with Crippen LogP contribution in [0.1, 0.15) is 17.9 Å². The third-order valence-corrected chi connectivity index (χ3v) is 2.67. The number of nitriles is 1. The molecule has 1 unspecified atom stereocenters. The summed E-state index contributed by atoms with van der Waals surface area (Å²) < 4.78 is 0. The van der Waals surface area contributed by atoms with Crippen LogP contribution in [-0.2, 0) is 9.59 Å². The van der Waals surface area contributed by atoms with Gasteiger partial charge in [0.25, 0.3) is 0 Å². The van der Waals surface area contributed by atoms with Crippen LogP contribution < -0.4 is 0 Å². The number of amides is 2. The predicted octanol–water partition coefficient (Wildman–Crippen LogP) is 1.05. The third kappa shape index (κ3) is 1.68. The first kappa shape index (κ1) is 10.4. The van der Waals surface area contributed by atoms with Gasteiger partial charge >= 0.3 is 0 Å². The topological polar surface area (TPSA) is 61.2 Å². The Kier molecular flexibility index (Phi) is 2.69. The zero-order chi connectivity index (χ0) is 11.5. The first-order valence-electron chi connectivity index (χ1n) is 5.00. The van der Waals surface area contributed by atoms with Crippen molar-refractivity contribution < 1.29 is 9.59 Å². The molecule has 2 rings (SSSR count). The molecule has 80 valence electrons. The van der Waals surface area contributed by atoms with E-state index in [1.807, 2.05) is 36.4 Å². The van der Waals surface area contributed by atoms with Gasteiger partial charge in [-0.25, -0.2) is 0 Å². The van der Waals surface area contributed by atoms with Crippen LogP contribution in [0.3, 0.4) is 0 Å². The molecule has 4 nitrogen and oxygen atoms in total. The fourth-order valence-corrected chi connectivity index (χ4v) is 1.87. The van der Waals surface area contributed by atoms with Gasteiger partial charge in [0.1, 0.15) is 6.54 Å². The molecule has 0 N–H and O–H groups in total. The van der Waals surface area contributed by atoms with Crippen molar-refractivity contribution in [3.8, 4) is 6.07 Å². The average molecular weight is 214 g/mol. The molecule has 0 aliphatic carbocycles. The van der Waals surface area contributed by atoms with Crippen LogP contribution in [-0.4, -0.2) is 23.3 Å². The fourth-order valence-electron chi connectivity index (χ4n) is 1.87. The molecule has 0 radical (unpaired) electrons. The van der Waals surface area contributed by atoms with Gasteiger partial charge in [0, 0.05) is 6.42 Å². The number of benzene rings is 1. The standard InChI is InChI=1S/C12H10N2O2/c13-6-7-14-11(15)8-10(12(14)16)9-4-2-1-3-5-9/h1-5,10H,7-8H2. The van der Waals surface area contributed by atoms with E-state index < -0.39 is 5.92 Å². The second-order valence-electron chi connectivity index (χ2n) is 3.64. The van der Waals surface area contributed by atoms with Crippen molar-refractivity contribution in [1.82, 2.24) is 4.90 Å². The Morgan fingerprint density at radius 1 is 1.31 bits per heavy atom. The SMILES string of the molecule is N#CCN1C(=O)CC(c2ccccc2)C1=O. The first-order valence-corrected chi connectivity index (χ1v) is 5.00. The van der Waals surface area contributed by atoms with Gasteiger partial charge in [0.15, 0.2) is 0 Å². The maximum Gasteiger partial charge on any atom is 0.238 e. The van der Waals surface area contributed by atoms with Crippen LogP contribution in [0.5, 0.6) is 0 Å². The molecule has 0 aromatic heterocycles. The lowest BCUT2D eigenvalue weighted by atomic mass is 9.98. The molecule has 1 aliphatic rings. The Labute approximate surface area is 93.1 Å². The van der Waals surface area contributed by atoms with Crippen molar-refractivity contribution in [2.24, 2.45) is 0 Å². The summed E-state index contributed by atoms with van der Waals surface area (Å²) in [6.07, 6.45) is 0.171. The van der Waals surface area contributed by atoms with Crippen LogP contribution >= 0.6 is 0 Å². The summed E-state index contributed by atoms with van der Waals surface area (Å²) in [6.45, 7) is -0.152. The van der Waals surface area contributed by atoms with Gasteiger partial charge in [-0.05, 0) is 5.56 Å². The Morgan fingerprint density at radius 2 is 2.00 bits per heavy atom. The molecule has 16 heavy (non-hydrogen) atoms. The Hall–Kier alpha value is -2.15. The highest BCUT2D eigenvalue weighted by Crippen LogP contribution is 2.28. The van der Waals surface area contributed by atoms with Crippen LogP contribution in [0.15, 0.2) is 30.3 Å². The minimum atomic E-state index is -0.415. The van der Waals surface area contributed by atoms with E-state index in [-0.39, 0.29) is 24.8 Å². The number of hydrogen-bond acceptors (Lipinski definition) is 3. The highest BCUT2D eigenvalue weighted by atomic mass is 16.2. The highest BCUT2D eigenvalue weighted by Gasteiger charge is 2.38. The number of nitrogens with zero attached hydrogens (tertiary/aromatic N) is 2.